The zero-order valence-electron chi connectivity index (χ0n) is 20.5. The summed E-state index contributed by atoms with van der Waals surface area (Å²) in [5.41, 5.74) is 7.34. The molecule has 2 aromatic carbocycles. The van der Waals surface area contributed by atoms with Gasteiger partial charge >= 0.3 is 6.18 Å². The van der Waals surface area contributed by atoms with E-state index >= 15 is 0 Å². The van der Waals surface area contributed by atoms with E-state index < -0.39 is 17.8 Å². The van der Waals surface area contributed by atoms with E-state index in [0.717, 1.165) is 11.6 Å². The van der Waals surface area contributed by atoms with Crippen LogP contribution in [-0.2, 0) is 30.5 Å². The van der Waals surface area contributed by atoms with Crippen molar-refractivity contribution in [2.75, 3.05) is 13.1 Å². The first-order valence-electron chi connectivity index (χ1n) is 11.7. The summed E-state index contributed by atoms with van der Waals surface area (Å²) in [6, 6.07) is 13.7. The molecule has 0 aliphatic heterocycles. The molecule has 0 aliphatic rings. The van der Waals surface area contributed by atoms with Crippen LogP contribution in [0.3, 0.4) is 0 Å². The van der Waals surface area contributed by atoms with Crippen LogP contribution in [0, 0.1) is 11.3 Å². The first kappa shape index (κ1) is 28.6. The van der Waals surface area contributed by atoms with Crippen LogP contribution in [0.15, 0.2) is 73.7 Å². The minimum absolute atomic E-state index is 0.00619. The number of carbonyl (C=O) groups is 1. The van der Waals surface area contributed by atoms with E-state index in [0.29, 0.717) is 17.8 Å². The van der Waals surface area contributed by atoms with Crippen molar-refractivity contribution in [3.05, 3.63) is 102 Å². The van der Waals surface area contributed by atoms with Crippen molar-refractivity contribution in [3.63, 3.8) is 0 Å². The highest BCUT2D eigenvalue weighted by molar-refractivity contribution is 7.80. The molecule has 0 radical (unpaired) electrons. The van der Waals surface area contributed by atoms with Crippen LogP contribution in [0.4, 0.5) is 13.2 Å². The molecule has 1 unspecified atom stereocenters. The highest BCUT2D eigenvalue weighted by atomic mass is 32.1. The minimum atomic E-state index is -4.51. The summed E-state index contributed by atoms with van der Waals surface area (Å²) in [5.74, 6) is -0.362. The number of alkyl halides is 3. The predicted molar refractivity (Wildman–Crippen MR) is 142 cm³/mol. The molecular formula is C27H27F3N6OS. The van der Waals surface area contributed by atoms with Crippen LogP contribution in [-0.4, -0.2) is 44.5 Å². The standard InChI is InChI=1S/C27H27F3N6OS/c1-2-11-35(17-21-5-3-4-6-23(21)27(28,29)30)26(38)24(14-32)34-25(37)12-22-15-33-18-36(22)16-20-9-7-19(13-31)8-10-20/h2-10,15,18,24H,1,11-12,14,16-17,32H2,(H,34,37). The Morgan fingerprint density at radius 2 is 1.97 bits per heavy atom. The summed E-state index contributed by atoms with van der Waals surface area (Å²) >= 11 is 5.56. The molecule has 1 heterocycles. The van der Waals surface area contributed by atoms with E-state index in [-0.39, 0.29) is 42.5 Å². The Kier molecular flexibility index (Phi) is 9.76. The van der Waals surface area contributed by atoms with Gasteiger partial charge in [0, 0.05) is 38.1 Å². The zero-order valence-corrected chi connectivity index (χ0v) is 21.3. The third-order valence-corrected chi connectivity index (χ3v) is 6.33. The van der Waals surface area contributed by atoms with E-state index in [1.54, 1.807) is 29.6 Å². The smallest absolute Gasteiger partial charge is 0.356 e. The highest BCUT2D eigenvalue weighted by Crippen LogP contribution is 2.32. The molecule has 7 nitrogen and oxygen atoms in total. The van der Waals surface area contributed by atoms with Crippen LogP contribution in [0.1, 0.15) is 27.9 Å². The number of nitrogens with two attached hydrogens (primary N) is 1. The molecule has 3 N–H and O–H groups in total. The zero-order chi connectivity index (χ0) is 27.7. The lowest BCUT2D eigenvalue weighted by molar-refractivity contribution is -0.138. The van der Waals surface area contributed by atoms with E-state index in [1.807, 2.05) is 16.7 Å². The van der Waals surface area contributed by atoms with E-state index in [1.165, 1.54) is 24.3 Å². The molecule has 0 saturated carbocycles. The summed E-state index contributed by atoms with van der Waals surface area (Å²) in [5, 5.41) is 11.8. The van der Waals surface area contributed by atoms with Gasteiger partial charge in [-0.3, -0.25) is 4.79 Å². The molecule has 11 heteroatoms. The number of carbonyl (C=O) groups excluding carboxylic acids is 1. The Hall–Kier alpha value is -4.01. The predicted octanol–water partition coefficient (Wildman–Crippen LogP) is 3.82. The summed E-state index contributed by atoms with van der Waals surface area (Å²) in [4.78, 5) is 18.8. The minimum Gasteiger partial charge on any atom is -0.356 e. The third-order valence-electron chi connectivity index (χ3n) is 5.79. The fourth-order valence-corrected chi connectivity index (χ4v) is 4.19. The monoisotopic (exact) mass is 540 g/mol. The van der Waals surface area contributed by atoms with Crippen molar-refractivity contribution in [1.82, 2.24) is 19.8 Å². The maximum Gasteiger partial charge on any atom is 0.416 e. The number of nitriles is 1. The van der Waals surface area contributed by atoms with Crippen LogP contribution >= 0.6 is 12.2 Å². The van der Waals surface area contributed by atoms with Gasteiger partial charge in [-0.25, -0.2) is 4.98 Å². The number of nitrogens with zero attached hydrogens (tertiary/aromatic N) is 4. The van der Waals surface area contributed by atoms with Gasteiger partial charge in [0.05, 0.1) is 36.0 Å². The summed E-state index contributed by atoms with van der Waals surface area (Å²) < 4.78 is 42.3. The van der Waals surface area contributed by atoms with E-state index in [9.17, 15) is 18.0 Å². The van der Waals surface area contributed by atoms with Gasteiger partial charge in [0.1, 0.15) is 4.99 Å². The molecular weight excluding hydrogens is 513 g/mol. The number of thiocarbonyl (C=S) groups is 1. The number of hydrogen-bond donors (Lipinski definition) is 2. The van der Waals surface area contributed by atoms with E-state index in [4.69, 9.17) is 23.2 Å². The van der Waals surface area contributed by atoms with Gasteiger partial charge < -0.3 is 20.5 Å². The Balaban J connectivity index is 1.69. The normalized spacial score (nSPS) is 11.9. The lowest BCUT2D eigenvalue weighted by Gasteiger charge is -2.30. The number of aromatic nitrogens is 2. The van der Waals surface area contributed by atoms with Gasteiger partial charge in [0.2, 0.25) is 5.91 Å². The topological polar surface area (TPSA) is 100.0 Å². The molecule has 1 aromatic heterocycles. The fourth-order valence-electron chi connectivity index (χ4n) is 3.90. The molecule has 3 aromatic rings. The molecule has 3 rings (SSSR count). The van der Waals surface area contributed by atoms with E-state index in [2.05, 4.69) is 22.9 Å². The molecule has 38 heavy (non-hydrogen) atoms. The molecule has 0 spiro atoms. The summed E-state index contributed by atoms with van der Waals surface area (Å²) in [6.45, 7) is 4.15. The Bertz CT molecular complexity index is 1310. The van der Waals surface area contributed by atoms with Gasteiger partial charge in [-0.1, -0.05) is 48.6 Å². The molecule has 0 aliphatic carbocycles. The van der Waals surface area contributed by atoms with Crippen molar-refractivity contribution < 1.29 is 18.0 Å². The fraction of sp³-hybridized carbons (Fsp3) is 0.259. The quantitative estimate of drug-likeness (QED) is 0.283. The number of imidazole rings is 1. The average molecular weight is 541 g/mol. The Morgan fingerprint density at radius 1 is 1.26 bits per heavy atom. The number of amides is 1. The molecule has 0 fully saturated rings. The third kappa shape index (κ3) is 7.50. The van der Waals surface area contributed by atoms with Crippen LogP contribution < -0.4 is 11.1 Å². The first-order valence-corrected chi connectivity index (χ1v) is 12.1. The number of benzene rings is 2. The van der Waals surface area contributed by atoms with Gasteiger partial charge in [0.25, 0.3) is 0 Å². The molecule has 0 saturated heterocycles. The maximum atomic E-state index is 13.5. The SMILES string of the molecule is C=CCN(Cc1ccccc1C(F)(F)F)C(=S)C(CN)NC(=O)Cc1cncn1Cc1ccc(C#N)cc1. The Morgan fingerprint density at radius 3 is 2.61 bits per heavy atom. The van der Waals surface area contributed by atoms with Crippen molar-refractivity contribution >= 4 is 23.1 Å². The number of halogens is 3. The van der Waals surface area contributed by atoms with Crippen LogP contribution in [0.25, 0.3) is 0 Å². The van der Waals surface area contributed by atoms with Gasteiger partial charge in [0.15, 0.2) is 0 Å². The summed E-state index contributed by atoms with van der Waals surface area (Å²) in [6.07, 6.45) is 0.195. The van der Waals surface area contributed by atoms with Crippen molar-refractivity contribution in [2.45, 2.75) is 31.7 Å². The lowest BCUT2D eigenvalue weighted by atomic mass is 10.1. The number of nitrogens with one attached hydrogen (secondary N) is 1. The molecule has 1 amide bonds. The second-order valence-corrected chi connectivity index (χ2v) is 8.93. The molecule has 1 atom stereocenters. The van der Waals surface area contributed by atoms with Gasteiger partial charge in [-0.2, -0.15) is 18.4 Å². The number of rotatable bonds is 11. The maximum absolute atomic E-state index is 13.5. The van der Waals surface area contributed by atoms with Crippen molar-refractivity contribution in [3.8, 4) is 6.07 Å². The van der Waals surface area contributed by atoms with Crippen LogP contribution in [0.5, 0.6) is 0 Å². The molecule has 198 valence electrons. The highest BCUT2D eigenvalue weighted by Gasteiger charge is 2.33. The lowest BCUT2D eigenvalue weighted by Crippen LogP contribution is -2.51. The Labute approximate surface area is 224 Å². The number of hydrogen-bond acceptors (Lipinski definition) is 5. The summed E-state index contributed by atoms with van der Waals surface area (Å²) in [7, 11) is 0. The first-order chi connectivity index (χ1) is 18.2. The average Bonchev–Trinajstić information content (AvgIpc) is 3.32. The van der Waals surface area contributed by atoms with Gasteiger partial charge in [-0.15, -0.1) is 6.58 Å². The molecule has 0 bridgehead atoms. The van der Waals surface area contributed by atoms with Crippen molar-refractivity contribution in [1.29, 1.82) is 5.26 Å². The second kappa shape index (κ2) is 13.0. The van der Waals surface area contributed by atoms with Gasteiger partial charge in [-0.05, 0) is 29.3 Å². The van der Waals surface area contributed by atoms with Crippen LogP contribution in [0.2, 0.25) is 0 Å². The largest absolute Gasteiger partial charge is 0.416 e. The van der Waals surface area contributed by atoms with Crippen molar-refractivity contribution in [2.24, 2.45) is 5.73 Å². The second-order valence-electron chi connectivity index (χ2n) is 8.52.